The molecule has 0 aromatic heterocycles. The molecular weight excluding hydrogens is 368 g/mol. The van der Waals surface area contributed by atoms with Crippen molar-refractivity contribution in [3.05, 3.63) is 84.9 Å². The minimum Gasteiger partial charge on any atom is -0.508 e. The fraction of sp³-hybridized carbons (Fsp3) is 0. The van der Waals surface area contributed by atoms with E-state index in [1.54, 1.807) is 72.8 Å². The normalized spacial score (nSPS) is 10.6. The zero-order chi connectivity index (χ0) is 20.4. The summed E-state index contributed by atoms with van der Waals surface area (Å²) in [6.45, 7) is 0. The molecule has 0 aliphatic carbocycles. The Bertz CT molecular complexity index is 1090. The molecule has 4 N–H and O–H groups in total. The Balaban J connectivity index is 1.82. The van der Waals surface area contributed by atoms with Gasteiger partial charge in [0.25, 0.3) is 0 Å². The summed E-state index contributed by atoms with van der Waals surface area (Å²) < 4.78 is 6.15. The van der Waals surface area contributed by atoms with Crippen LogP contribution in [0.1, 0.15) is 0 Å². The molecule has 29 heavy (non-hydrogen) atoms. The molecule has 0 bridgehead atoms. The van der Waals surface area contributed by atoms with Gasteiger partial charge in [0.1, 0.15) is 34.5 Å². The average Bonchev–Trinajstić information content (AvgIpc) is 2.70. The van der Waals surface area contributed by atoms with Crippen LogP contribution in [0.25, 0.3) is 22.3 Å². The highest BCUT2D eigenvalue weighted by Gasteiger charge is 2.14. The fourth-order valence-electron chi connectivity index (χ4n) is 3.13. The minimum absolute atomic E-state index is 0.0644. The highest BCUT2D eigenvalue weighted by Crippen LogP contribution is 2.41. The van der Waals surface area contributed by atoms with E-state index in [0.717, 1.165) is 0 Å². The Labute approximate surface area is 167 Å². The van der Waals surface area contributed by atoms with Crippen molar-refractivity contribution in [2.24, 2.45) is 0 Å². The molecule has 0 radical (unpaired) electrons. The molecule has 0 spiro atoms. The van der Waals surface area contributed by atoms with Gasteiger partial charge in [-0.3, -0.25) is 0 Å². The number of aromatic hydroxyl groups is 4. The highest BCUT2D eigenvalue weighted by molar-refractivity contribution is 5.76. The van der Waals surface area contributed by atoms with Crippen molar-refractivity contribution in [1.82, 2.24) is 0 Å². The van der Waals surface area contributed by atoms with Gasteiger partial charge in [-0.1, -0.05) is 24.3 Å². The summed E-state index contributed by atoms with van der Waals surface area (Å²) in [5.41, 5.74) is 2.54. The van der Waals surface area contributed by atoms with Crippen LogP contribution in [-0.4, -0.2) is 20.4 Å². The monoisotopic (exact) mass is 386 g/mol. The summed E-state index contributed by atoms with van der Waals surface area (Å²) >= 11 is 0. The molecule has 4 rings (SSSR count). The van der Waals surface area contributed by atoms with Crippen molar-refractivity contribution >= 4 is 0 Å². The first-order valence-electron chi connectivity index (χ1n) is 8.92. The van der Waals surface area contributed by atoms with E-state index in [9.17, 15) is 20.4 Å². The molecule has 5 heteroatoms. The van der Waals surface area contributed by atoms with Gasteiger partial charge in [0.05, 0.1) is 0 Å². The Morgan fingerprint density at radius 2 is 0.862 bits per heavy atom. The van der Waals surface area contributed by atoms with Crippen LogP contribution in [0.2, 0.25) is 0 Å². The van der Waals surface area contributed by atoms with E-state index in [0.29, 0.717) is 33.8 Å². The molecule has 0 amide bonds. The maximum atomic E-state index is 9.95. The molecule has 4 aromatic rings. The van der Waals surface area contributed by atoms with E-state index >= 15 is 0 Å². The molecule has 0 fully saturated rings. The average molecular weight is 386 g/mol. The van der Waals surface area contributed by atoms with Crippen molar-refractivity contribution < 1.29 is 25.2 Å². The molecule has 0 aliphatic rings. The fourth-order valence-corrected chi connectivity index (χ4v) is 3.13. The number of rotatable bonds is 4. The van der Waals surface area contributed by atoms with E-state index in [2.05, 4.69) is 0 Å². The standard InChI is InChI=1S/C24H18O5/c25-17-5-1-3-15(11-17)21-13-19(27)7-9-23(21)29-24-10-8-20(28)14-22(24)16-4-2-6-18(26)12-16/h1-14,25-28H. The van der Waals surface area contributed by atoms with Crippen molar-refractivity contribution in [2.45, 2.75) is 0 Å². The van der Waals surface area contributed by atoms with Crippen LogP contribution < -0.4 is 4.74 Å². The smallest absolute Gasteiger partial charge is 0.135 e. The number of hydrogen-bond donors (Lipinski definition) is 4. The molecule has 0 atom stereocenters. The van der Waals surface area contributed by atoms with Crippen LogP contribution in [0, 0.1) is 0 Å². The van der Waals surface area contributed by atoms with Crippen molar-refractivity contribution in [1.29, 1.82) is 0 Å². The van der Waals surface area contributed by atoms with Gasteiger partial charge in [-0.2, -0.15) is 0 Å². The van der Waals surface area contributed by atoms with Gasteiger partial charge in [0.2, 0.25) is 0 Å². The second-order valence-electron chi connectivity index (χ2n) is 6.56. The summed E-state index contributed by atoms with van der Waals surface area (Å²) in [6, 6.07) is 22.7. The van der Waals surface area contributed by atoms with Crippen molar-refractivity contribution in [3.63, 3.8) is 0 Å². The SMILES string of the molecule is Oc1cccc(-c2cc(O)ccc2Oc2ccc(O)cc2-c2cccc(O)c2)c1. The lowest BCUT2D eigenvalue weighted by atomic mass is 10.0. The van der Waals surface area contributed by atoms with Gasteiger partial charge in [-0.15, -0.1) is 0 Å². The largest absolute Gasteiger partial charge is 0.508 e. The highest BCUT2D eigenvalue weighted by atomic mass is 16.5. The lowest BCUT2D eigenvalue weighted by molar-refractivity contribution is 0.460. The summed E-state index contributed by atoms with van der Waals surface area (Å²) in [5.74, 6) is 1.24. The van der Waals surface area contributed by atoms with E-state index in [1.807, 2.05) is 0 Å². The summed E-state index contributed by atoms with van der Waals surface area (Å²) in [4.78, 5) is 0. The first-order chi connectivity index (χ1) is 14.0. The van der Waals surface area contributed by atoms with Crippen LogP contribution in [0.3, 0.4) is 0 Å². The lowest BCUT2D eigenvalue weighted by Gasteiger charge is -2.16. The summed E-state index contributed by atoms with van der Waals surface area (Å²) in [6.07, 6.45) is 0. The first-order valence-corrected chi connectivity index (χ1v) is 8.92. The molecule has 0 heterocycles. The van der Waals surface area contributed by atoms with Crippen molar-refractivity contribution in [2.75, 3.05) is 0 Å². The molecule has 5 nitrogen and oxygen atoms in total. The predicted molar refractivity (Wildman–Crippen MR) is 110 cm³/mol. The Morgan fingerprint density at radius 3 is 1.28 bits per heavy atom. The topological polar surface area (TPSA) is 90.2 Å². The van der Waals surface area contributed by atoms with E-state index in [4.69, 9.17) is 4.74 Å². The molecule has 4 aromatic carbocycles. The predicted octanol–water partition coefficient (Wildman–Crippen LogP) is 5.64. The lowest BCUT2D eigenvalue weighted by Crippen LogP contribution is -1.91. The van der Waals surface area contributed by atoms with Gasteiger partial charge >= 0.3 is 0 Å². The van der Waals surface area contributed by atoms with E-state index in [1.165, 1.54) is 12.1 Å². The zero-order valence-corrected chi connectivity index (χ0v) is 15.3. The summed E-state index contributed by atoms with van der Waals surface area (Å²) in [7, 11) is 0. The van der Waals surface area contributed by atoms with Crippen molar-refractivity contribution in [3.8, 4) is 56.8 Å². The van der Waals surface area contributed by atoms with E-state index < -0.39 is 0 Å². The number of hydrogen-bond acceptors (Lipinski definition) is 5. The van der Waals surface area contributed by atoms with Crippen LogP contribution in [0.15, 0.2) is 84.9 Å². The number of phenols is 4. The van der Waals surface area contributed by atoms with Gasteiger partial charge in [0, 0.05) is 11.1 Å². The number of ether oxygens (including phenoxy) is 1. The Hall–Kier alpha value is -4.12. The second kappa shape index (κ2) is 7.48. The maximum absolute atomic E-state index is 9.95. The van der Waals surface area contributed by atoms with Crippen LogP contribution >= 0.6 is 0 Å². The molecular formula is C24H18O5. The third-order valence-electron chi connectivity index (χ3n) is 4.46. The third kappa shape index (κ3) is 3.94. The Kier molecular flexibility index (Phi) is 4.71. The molecule has 0 saturated heterocycles. The number of phenolic OH excluding ortho intramolecular Hbond substituents is 4. The van der Waals surface area contributed by atoms with Gasteiger partial charge in [0.15, 0.2) is 0 Å². The first kappa shape index (κ1) is 18.3. The van der Waals surface area contributed by atoms with E-state index in [-0.39, 0.29) is 23.0 Å². The minimum atomic E-state index is 0.0644. The second-order valence-corrected chi connectivity index (χ2v) is 6.56. The van der Waals surface area contributed by atoms with Crippen LogP contribution in [0.4, 0.5) is 0 Å². The van der Waals surface area contributed by atoms with Crippen LogP contribution in [-0.2, 0) is 0 Å². The van der Waals surface area contributed by atoms with Gasteiger partial charge in [-0.25, -0.2) is 0 Å². The molecule has 0 aliphatic heterocycles. The molecule has 0 saturated carbocycles. The van der Waals surface area contributed by atoms with Crippen LogP contribution in [0.5, 0.6) is 34.5 Å². The number of benzene rings is 4. The van der Waals surface area contributed by atoms with Gasteiger partial charge in [-0.05, 0) is 71.8 Å². The quantitative estimate of drug-likeness (QED) is 0.365. The zero-order valence-electron chi connectivity index (χ0n) is 15.3. The van der Waals surface area contributed by atoms with Gasteiger partial charge < -0.3 is 25.2 Å². The molecule has 144 valence electrons. The molecule has 0 unspecified atom stereocenters. The summed E-state index contributed by atoms with van der Waals surface area (Å²) in [5, 5.41) is 39.5. The third-order valence-corrected chi connectivity index (χ3v) is 4.46. The Morgan fingerprint density at radius 1 is 0.448 bits per heavy atom. The maximum Gasteiger partial charge on any atom is 0.135 e.